The summed E-state index contributed by atoms with van der Waals surface area (Å²) in [7, 11) is 0. The average molecular weight is 300 g/mol. The Hall–Kier alpha value is -1.78. The molecule has 3 aromatic rings. The van der Waals surface area contributed by atoms with Crippen LogP contribution in [-0.4, -0.2) is 11.5 Å². The van der Waals surface area contributed by atoms with Crippen LogP contribution in [0.4, 0.5) is 4.39 Å². The average Bonchev–Trinajstić information content (AvgIpc) is 2.91. The molecular formula is C17H17FN2S. The molecule has 0 amide bonds. The lowest BCUT2D eigenvalue weighted by atomic mass is 10.0. The second-order valence-corrected chi connectivity index (χ2v) is 5.85. The van der Waals surface area contributed by atoms with E-state index in [2.05, 4.69) is 27.8 Å². The highest BCUT2D eigenvalue weighted by Crippen LogP contribution is 2.29. The number of hydrogen-bond acceptors (Lipinski definition) is 3. The maximum Gasteiger partial charge on any atom is 0.146 e. The van der Waals surface area contributed by atoms with Crippen LogP contribution < -0.4 is 5.32 Å². The van der Waals surface area contributed by atoms with Crippen LogP contribution >= 0.6 is 11.3 Å². The quantitative estimate of drug-likeness (QED) is 0.758. The summed E-state index contributed by atoms with van der Waals surface area (Å²) in [5, 5.41) is 6.76. The van der Waals surface area contributed by atoms with Crippen LogP contribution in [0.1, 0.15) is 24.2 Å². The number of thiophene rings is 1. The predicted octanol–water partition coefficient (Wildman–Crippen LogP) is 4.33. The maximum atomic E-state index is 14.0. The van der Waals surface area contributed by atoms with Crippen molar-refractivity contribution in [3.05, 3.63) is 65.0 Å². The SMILES string of the molecule is CCNC(Cc1csc2ccccc12)c1ncccc1F. The molecule has 0 aliphatic rings. The van der Waals surface area contributed by atoms with Crippen molar-refractivity contribution in [2.45, 2.75) is 19.4 Å². The van der Waals surface area contributed by atoms with Crippen molar-refractivity contribution < 1.29 is 4.39 Å². The van der Waals surface area contributed by atoms with E-state index >= 15 is 0 Å². The summed E-state index contributed by atoms with van der Waals surface area (Å²) in [5.41, 5.74) is 1.74. The van der Waals surface area contributed by atoms with Gasteiger partial charge in [0, 0.05) is 10.9 Å². The van der Waals surface area contributed by atoms with Gasteiger partial charge in [-0.1, -0.05) is 25.1 Å². The second kappa shape index (κ2) is 6.33. The van der Waals surface area contributed by atoms with Gasteiger partial charge in [-0.05, 0) is 47.5 Å². The molecule has 1 atom stereocenters. The Bertz CT molecular complexity index is 738. The summed E-state index contributed by atoms with van der Waals surface area (Å²) >= 11 is 1.73. The fourth-order valence-electron chi connectivity index (χ4n) is 2.58. The number of nitrogens with zero attached hydrogens (tertiary/aromatic N) is 1. The number of fused-ring (bicyclic) bond motifs is 1. The molecule has 0 spiro atoms. The Labute approximate surface area is 127 Å². The van der Waals surface area contributed by atoms with E-state index in [-0.39, 0.29) is 11.9 Å². The molecule has 3 rings (SSSR count). The van der Waals surface area contributed by atoms with Crippen molar-refractivity contribution in [2.75, 3.05) is 6.54 Å². The highest BCUT2D eigenvalue weighted by molar-refractivity contribution is 7.17. The zero-order valence-corrected chi connectivity index (χ0v) is 12.7. The first kappa shape index (κ1) is 14.2. The van der Waals surface area contributed by atoms with E-state index in [1.807, 2.05) is 19.1 Å². The summed E-state index contributed by atoms with van der Waals surface area (Å²) in [6, 6.07) is 11.3. The largest absolute Gasteiger partial charge is 0.309 e. The molecule has 1 unspecified atom stereocenters. The number of likely N-dealkylation sites (N-methyl/N-ethyl adjacent to an activating group) is 1. The van der Waals surface area contributed by atoms with Gasteiger partial charge < -0.3 is 5.32 Å². The molecule has 21 heavy (non-hydrogen) atoms. The normalized spacial score (nSPS) is 12.7. The minimum atomic E-state index is -0.247. The van der Waals surface area contributed by atoms with Crippen molar-refractivity contribution in [1.82, 2.24) is 10.3 Å². The molecule has 1 N–H and O–H groups in total. The summed E-state index contributed by atoms with van der Waals surface area (Å²) in [4.78, 5) is 4.22. The van der Waals surface area contributed by atoms with E-state index in [4.69, 9.17) is 0 Å². The van der Waals surface area contributed by atoms with Crippen LogP contribution in [0, 0.1) is 5.82 Å². The van der Waals surface area contributed by atoms with E-state index in [9.17, 15) is 4.39 Å². The fraction of sp³-hybridized carbons (Fsp3) is 0.235. The molecule has 4 heteroatoms. The third kappa shape index (κ3) is 2.96. The summed E-state index contributed by atoms with van der Waals surface area (Å²) in [6.07, 6.45) is 2.39. The third-order valence-corrected chi connectivity index (χ3v) is 4.57. The van der Waals surface area contributed by atoms with E-state index in [0.717, 1.165) is 13.0 Å². The Morgan fingerprint density at radius 3 is 2.90 bits per heavy atom. The topological polar surface area (TPSA) is 24.9 Å². The summed E-state index contributed by atoms with van der Waals surface area (Å²) < 4.78 is 15.3. The summed E-state index contributed by atoms with van der Waals surface area (Å²) in [6.45, 7) is 2.81. The number of benzene rings is 1. The molecule has 0 aliphatic carbocycles. The van der Waals surface area contributed by atoms with Crippen LogP contribution in [0.3, 0.4) is 0 Å². The van der Waals surface area contributed by atoms with Crippen LogP contribution in [0.2, 0.25) is 0 Å². The highest BCUT2D eigenvalue weighted by Gasteiger charge is 2.18. The van der Waals surface area contributed by atoms with Crippen molar-refractivity contribution in [3.63, 3.8) is 0 Å². The molecule has 0 aliphatic heterocycles. The first-order valence-corrected chi connectivity index (χ1v) is 7.96. The number of hydrogen-bond donors (Lipinski definition) is 1. The van der Waals surface area contributed by atoms with Crippen molar-refractivity contribution in [2.24, 2.45) is 0 Å². The fourth-order valence-corrected chi connectivity index (χ4v) is 3.55. The van der Waals surface area contributed by atoms with Crippen LogP contribution in [0.5, 0.6) is 0 Å². The number of rotatable bonds is 5. The zero-order chi connectivity index (χ0) is 14.7. The van der Waals surface area contributed by atoms with Gasteiger partial charge in [0.25, 0.3) is 0 Å². The Kier molecular flexibility index (Phi) is 4.27. The Balaban J connectivity index is 1.94. The van der Waals surface area contributed by atoms with Crippen LogP contribution in [0.15, 0.2) is 48.0 Å². The molecule has 0 radical (unpaired) electrons. The number of pyridine rings is 1. The lowest BCUT2D eigenvalue weighted by Gasteiger charge is -2.17. The van der Waals surface area contributed by atoms with Gasteiger partial charge in [0.15, 0.2) is 0 Å². The van der Waals surface area contributed by atoms with Gasteiger partial charge in [-0.3, -0.25) is 4.98 Å². The Morgan fingerprint density at radius 2 is 2.10 bits per heavy atom. The predicted molar refractivity (Wildman–Crippen MR) is 86.1 cm³/mol. The minimum absolute atomic E-state index is 0.103. The lowest BCUT2D eigenvalue weighted by Crippen LogP contribution is -2.24. The third-order valence-electron chi connectivity index (χ3n) is 3.55. The van der Waals surface area contributed by atoms with E-state index in [1.165, 1.54) is 21.7 Å². The molecular weight excluding hydrogens is 283 g/mol. The number of aromatic nitrogens is 1. The molecule has 2 heterocycles. The number of nitrogens with one attached hydrogen (secondary N) is 1. The van der Waals surface area contributed by atoms with Crippen molar-refractivity contribution in [1.29, 1.82) is 0 Å². The van der Waals surface area contributed by atoms with E-state index in [0.29, 0.717) is 5.69 Å². The first-order chi connectivity index (χ1) is 10.3. The molecule has 0 fully saturated rings. The van der Waals surface area contributed by atoms with Crippen molar-refractivity contribution >= 4 is 21.4 Å². The van der Waals surface area contributed by atoms with Gasteiger partial charge in [0.2, 0.25) is 0 Å². The minimum Gasteiger partial charge on any atom is -0.309 e. The standard InChI is InChI=1S/C17H17FN2S/c1-2-19-15(17-14(18)7-5-9-20-17)10-12-11-21-16-8-4-3-6-13(12)16/h3-9,11,15,19H,2,10H2,1H3. The monoisotopic (exact) mass is 300 g/mol. The Morgan fingerprint density at radius 1 is 1.24 bits per heavy atom. The molecule has 2 aromatic heterocycles. The second-order valence-electron chi connectivity index (χ2n) is 4.94. The molecule has 0 saturated heterocycles. The smallest absolute Gasteiger partial charge is 0.146 e. The zero-order valence-electron chi connectivity index (χ0n) is 11.8. The molecule has 2 nitrogen and oxygen atoms in total. The summed E-state index contributed by atoms with van der Waals surface area (Å²) in [5.74, 6) is -0.247. The number of halogens is 1. The molecule has 0 saturated carbocycles. The van der Waals surface area contributed by atoms with E-state index in [1.54, 1.807) is 23.6 Å². The van der Waals surface area contributed by atoms with Gasteiger partial charge in [0.05, 0.1) is 11.7 Å². The van der Waals surface area contributed by atoms with Crippen LogP contribution in [-0.2, 0) is 6.42 Å². The molecule has 1 aromatic carbocycles. The van der Waals surface area contributed by atoms with Gasteiger partial charge in [0.1, 0.15) is 5.82 Å². The van der Waals surface area contributed by atoms with Gasteiger partial charge >= 0.3 is 0 Å². The molecule has 108 valence electrons. The van der Waals surface area contributed by atoms with E-state index < -0.39 is 0 Å². The molecule has 0 bridgehead atoms. The van der Waals surface area contributed by atoms with Crippen molar-refractivity contribution in [3.8, 4) is 0 Å². The maximum absolute atomic E-state index is 14.0. The van der Waals surface area contributed by atoms with Crippen LogP contribution in [0.25, 0.3) is 10.1 Å². The van der Waals surface area contributed by atoms with Gasteiger partial charge in [-0.15, -0.1) is 11.3 Å². The van der Waals surface area contributed by atoms with Gasteiger partial charge in [-0.25, -0.2) is 4.39 Å². The first-order valence-electron chi connectivity index (χ1n) is 7.08. The lowest BCUT2D eigenvalue weighted by molar-refractivity contribution is 0.495. The highest BCUT2D eigenvalue weighted by atomic mass is 32.1. The van der Waals surface area contributed by atoms with Gasteiger partial charge in [-0.2, -0.15) is 0 Å².